The molecule has 1 saturated heterocycles. The molecule has 2 heterocycles. The number of hydrogen-bond donors (Lipinski definition) is 1. The summed E-state index contributed by atoms with van der Waals surface area (Å²) in [7, 11) is 0. The van der Waals surface area contributed by atoms with Crippen LogP contribution in [0.2, 0.25) is 0 Å². The monoisotopic (exact) mass is 286 g/mol. The molecule has 4 heteroatoms. The number of anilines is 1. The Morgan fingerprint density at radius 1 is 1.29 bits per heavy atom. The third-order valence-electron chi connectivity index (χ3n) is 4.69. The van der Waals surface area contributed by atoms with Gasteiger partial charge in [0.2, 0.25) is 5.91 Å². The predicted molar refractivity (Wildman–Crippen MR) is 82.5 cm³/mol. The summed E-state index contributed by atoms with van der Waals surface area (Å²) >= 11 is 0. The molecule has 1 aromatic carbocycles. The zero-order chi connectivity index (χ0) is 14.8. The molecule has 21 heavy (non-hydrogen) atoms. The summed E-state index contributed by atoms with van der Waals surface area (Å²) in [6.45, 7) is 4.19. The van der Waals surface area contributed by atoms with Gasteiger partial charge in [-0.15, -0.1) is 0 Å². The highest BCUT2D eigenvalue weighted by molar-refractivity contribution is 6.09. The lowest BCUT2D eigenvalue weighted by Gasteiger charge is -2.35. The largest absolute Gasteiger partial charge is 0.317 e. The van der Waals surface area contributed by atoms with Crippen molar-refractivity contribution in [1.82, 2.24) is 5.32 Å². The number of hydrogen-bond acceptors (Lipinski definition) is 3. The van der Waals surface area contributed by atoms with Crippen molar-refractivity contribution in [3.63, 3.8) is 0 Å². The lowest BCUT2D eigenvalue weighted by molar-refractivity contribution is -0.116. The van der Waals surface area contributed by atoms with E-state index >= 15 is 0 Å². The number of carbonyl (C=O) groups is 2. The lowest BCUT2D eigenvalue weighted by Crippen LogP contribution is -2.43. The van der Waals surface area contributed by atoms with Gasteiger partial charge in [0.05, 0.1) is 5.69 Å². The van der Waals surface area contributed by atoms with Crippen molar-refractivity contribution in [2.75, 3.05) is 24.5 Å². The molecule has 0 spiro atoms. The fourth-order valence-corrected chi connectivity index (χ4v) is 3.54. The smallest absolute Gasteiger partial charge is 0.223 e. The molecule has 0 aliphatic carbocycles. The first-order valence-corrected chi connectivity index (χ1v) is 7.79. The van der Waals surface area contributed by atoms with Gasteiger partial charge in [-0.3, -0.25) is 9.59 Å². The first kappa shape index (κ1) is 14.3. The second-order valence-electron chi connectivity index (χ2n) is 6.14. The second kappa shape index (κ2) is 5.98. The highest BCUT2D eigenvalue weighted by Gasteiger charge is 2.34. The number of amides is 1. The van der Waals surface area contributed by atoms with Crippen LogP contribution < -0.4 is 10.2 Å². The number of nitrogens with zero attached hydrogens (tertiary/aromatic N) is 1. The number of rotatable bonds is 2. The average molecular weight is 286 g/mol. The summed E-state index contributed by atoms with van der Waals surface area (Å²) in [6, 6.07) is 7.48. The highest BCUT2D eigenvalue weighted by Crippen LogP contribution is 2.33. The van der Waals surface area contributed by atoms with Crippen LogP contribution in [0.3, 0.4) is 0 Å². The van der Waals surface area contributed by atoms with E-state index in [1.54, 1.807) is 11.8 Å². The molecule has 0 saturated carbocycles. The standard InChI is InChI=1S/C17H22N2O2/c1-12(20)19-11-14(10-13-6-8-18-9-7-13)17(21)15-4-2-3-5-16(15)19/h2-5,13-14,18H,6-11H2,1H3. The summed E-state index contributed by atoms with van der Waals surface area (Å²) in [5.41, 5.74) is 1.48. The quantitative estimate of drug-likeness (QED) is 0.907. The summed E-state index contributed by atoms with van der Waals surface area (Å²) < 4.78 is 0. The van der Waals surface area contributed by atoms with Gasteiger partial charge in [0, 0.05) is 24.9 Å². The van der Waals surface area contributed by atoms with Crippen molar-refractivity contribution in [3.05, 3.63) is 29.8 Å². The summed E-state index contributed by atoms with van der Waals surface area (Å²) in [4.78, 5) is 26.4. The average Bonchev–Trinajstić information content (AvgIpc) is 2.51. The maximum absolute atomic E-state index is 12.7. The molecule has 3 rings (SSSR count). The second-order valence-corrected chi connectivity index (χ2v) is 6.14. The number of benzene rings is 1. The molecule has 1 N–H and O–H groups in total. The van der Waals surface area contributed by atoms with Crippen molar-refractivity contribution in [3.8, 4) is 0 Å². The van der Waals surface area contributed by atoms with E-state index < -0.39 is 0 Å². The third-order valence-corrected chi connectivity index (χ3v) is 4.69. The van der Waals surface area contributed by atoms with E-state index in [0.717, 1.165) is 38.0 Å². The van der Waals surface area contributed by atoms with Crippen LogP contribution in [0.25, 0.3) is 0 Å². The Hall–Kier alpha value is -1.68. The maximum Gasteiger partial charge on any atom is 0.223 e. The number of ketones is 1. The molecule has 0 bridgehead atoms. The Kier molecular flexibility index (Phi) is 4.06. The zero-order valence-corrected chi connectivity index (χ0v) is 12.5. The first-order valence-electron chi connectivity index (χ1n) is 7.79. The van der Waals surface area contributed by atoms with Crippen LogP contribution >= 0.6 is 0 Å². The summed E-state index contributed by atoms with van der Waals surface area (Å²) in [5.74, 6) is 0.776. The van der Waals surface area contributed by atoms with Gasteiger partial charge in [-0.05, 0) is 50.4 Å². The normalized spacial score (nSPS) is 23.0. The lowest BCUT2D eigenvalue weighted by atomic mass is 9.81. The molecule has 1 fully saturated rings. The van der Waals surface area contributed by atoms with E-state index in [-0.39, 0.29) is 17.6 Å². The van der Waals surface area contributed by atoms with E-state index in [1.165, 1.54) is 0 Å². The van der Waals surface area contributed by atoms with Crippen LogP contribution in [0, 0.1) is 11.8 Å². The molecule has 0 radical (unpaired) electrons. The van der Waals surface area contributed by atoms with E-state index in [0.29, 0.717) is 18.0 Å². The van der Waals surface area contributed by atoms with Crippen LogP contribution in [0.1, 0.15) is 36.5 Å². The Morgan fingerprint density at radius 3 is 2.71 bits per heavy atom. The van der Waals surface area contributed by atoms with E-state index in [9.17, 15) is 9.59 Å². The van der Waals surface area contributed by atoms with Gasteiger partial charge >= 0.3 is 0 Å². The molecule has 112 valence electrons. The van der Waals surface area contributed by atoms with Crippen LogP contribution in [0.15, 0.2) is 24.3 Å². The molecule has 2 aliphatic heterocycles. The molecule has 1 atom stereocenters. The maximum atomic E-state index is 12.7. The van der Waals surface area contributed by atoms with Crippen LogP contribution in [-0.4, -0.2) is 31.3 Å². The van der Waals surface area contributed by atoms with E-state index in [2.05, 4.69) is 5.32 Å². The third kappa shape index (κ3) is 2.86. The van der Waals surface area contributed by atoms with Gasteiger partial charge < -0.3 is 10.2 Å². The molecule has 4 nitrogen and oxygen atoms in total. The number of fused-ring (bicyclic) bond motifs is 1. The highest BCUT2D eigenvalue weighted by atomic mass is 16.2. The van der Waals surface area contributed by atoms with Crippen molar-refractivity contribution in [2.24, 2.45) is 11.8 Å². The fraction of sp³-hybridized carbons (Fsp3) is 0.529. The number of carbonyl (C=O) groups excluding carboxylic acids is 2. The Morgan fingerprint density at radius 2 is 2.00 bits per heavy atom. The molecule has 0 aromatic heterocycles. The summed E-state index contributed by atoms with van der Waals surface area (Å²) in [5, 5.41) is 3.36. The van der Waals surface area contributed by atoms with Gasteiger partial charge in [0.25, 0.3) is 0 Å². The van der Waals surface area contributed by atoms with Crippen LogP contribution in [0.4, 0.5) is 5.69 Å². The SMILES string of the molecule is CC(=O)N1CC(CC2CCNCC2)C(=O)c2ccccc21. The Balaban J connectivity index is 1.83. The van der Waals surface area contributed by atoms with Crippen molar-refractivity contribution >= 4 is 17.4 Å². The predicted octanol–water partition coefficient (Wildman–Crippen LogP) is 2.24. The molecular weight excluding hydrogens is 264 g/mol. The first-order chi connectivity index (χ1) is 10.2. The minimum atomic E-state index is -0.0492. The van der Waals surface area contributed by atoms with E-state index in [4.69, 9.17) is 0 Å². The number of nitrogens with one attached hydrogen (secondary N) is 1. The van der Waals surface area contributed by atoms with Crippen molar-refractivity contribution in [2.45, 2.75) is 26.2 Å². The van der Waals surface area contributed by atoms with Gasteiger partial charge in [-0.1, -0.05) is 12.1 Å². The topological polar surface area (TPSA) is 49.4 Å². The minimum absolute atomic E-state index is 0.0188. The number of para-hydroxylation sites is 1. The van der Waals surface area contributed by atoms with E-state index in [1.807, 2.05) is 24.3 Å². The van der Waals surface area contributed by atoms with Gasteiger partial charge in [-0.2, -0.15) is 0 Å². The van der Waals surface area contributed by atoms with Crippen LogP contribution in [0.5, 0.6) is 0 Å². The number of piperidine rings is 1. The molecule has 1 unspecified atom stereocenters. The molecular formula is C17H22N2O2. The minimum Gasteiger partial charge on any atom is -0.317 e. The van der Waals surface area contributed by atoms with Gasteiger partial charge in [0.1, 0.15) is 0 Å². The van der Waals surface area contributed by atoms with Gasteiger partial charge in [0.15, 0.2) is 5.78 Å². The van der Waals surface area contributed by atoms with Crippen molar-refractivity contribution < 1.29 is 9.59 Å². The Bertz CT molecular complexity index is 549. The summed E-state index contributed by atoms with van der Waals surface area (Å²) in [6.07, 6.45) is 3.16. The van der Waals surface area contributed by atoms with Crippen LogP contribution in [-0.2, 0) is 4.79 Å². The Labute approximate surface area is 125 Å². The molecule has 1 amide bonds. The molecule has 2 aliphatic rings. The van der Waals surface area contributed by atoms with Gasteiger partial charge in [-0.25, -0.2) is 0 Å². The fourth-order valence-electron chi connectivity index (χ4n) is 3.54. The molecule has 1 aromatic rings. The van der Waals surface area contributed by atoms with Crippen molar-refractivity contribution in [1.29, 1.82) is 0 Å². The zero-order valence-electron chi connectivity index (χ0n) is 12.5. The number of Topliss-reactive ketones (excluding diaryl/α,β-unsaturated/α-hetero) is 1.